The van der Waals surface area contributed by atoms with E-state index in [0.29, 0.717) is 13.0 Å². The first-order chi connectivity index (χ1) is 12.6. The monoisotopic (exact) mass is 350 g/mol. The van der Waals surface area contributed by atoms with Crippen molar-refractivity contribution in [3.63, 3.8) is 0 Å². The Morgan fingerprint density at radius 2 is 2.00 bits per heavy atom. The predicted molar refractivity (Wildman–Crippen MR) is 99.1 cm³/mol. The van der Waals surface area contributed by atoms with E-state index < -0.39 is 5.97 Å². The largest absolute Gasteiger partial charge is 0.481 e. The molecule has 1 atom stereocenters. The molecule has 2 aromatic heterocycles. The maximum absolute atomic E-state index is 11.2. The summed E-state index contributed by atoms with van der Waals surface area (Å²) < 4.78 is 1.81. The summed E-state index contributed by atoms with van der Waals surface area (Å²) in [6.45, 7) is 2.56. The number of hydrogen-bond donors (Lipinski definition) is 2. The molecule has 0 spiro atoms. The van der Waals surface area contributed by atoms with Crippen LogP contribution < -0.4 is 5.32 Å². The molecule has 0 aliphatic heterocycles. The van der Waals surface area contributed by atoms with E-state index in [-0.39, 0.29) is 12.5 Å². The highest BCUT2D eigenvalue weighted by Gasteiger charge is 2.15. The number of carboxylic acid groups (broad SMARTS) is 1. The molecule has 0 saturated heterocycles. The van der Waals surface area contributed by atoms with Crippen LogP contribution in [0.4, 0.5) is 0 Å². The number of aromatic nitrogens is 3. The average molecular weight is 350 g/mol. The molecule has 0 amide bonds. The van der Waals surface area contributed by atoms with Crippen LogP contribution in [0.25, 0.3) is 5.69 Å². The van der Waals surface area contributed by atoms with Crippen molar-refractivity contribution >= 4 is 5.97 Å². The second-order valence-corrected chi connectivity index (χ2v) is 6.31. The minimum Gasteiger partial charge on any atom is -0.481 e. The summed E-state index contributed by atoms with van der Waals surface area (Å²) in [6.07, 6.45) is 5.92. The van der Waals surface area contributed by atoms with Gasteiger partial charge in [-0.05, 0) is 37.1 Å². The Bertz CT molecular complexity index is 844. The van der Waals surface area contributed by atoms with Crippen molar-refractivity contribution in [3.8, 4) is 5.69 Å². The van der Waals surface area contributed by atoms with Gasteiger partial charge in [0.25, 0.3) is 0 Å². The summed E-state index contributed by atoms with van der Waals surface area (Å²) >= 11 is 0. The lowest BCUT2D eigenvalue weighted by molar-refractivity contribution is -0.137. The van der Waals surface area contributed by atoms with Crippen LogP contribution in [0.15, 0.2) is 61.1 Å². The van der Waals surface area contributed by atoms with Crippen LogP contribution in [0, 0.1) is 6.92 Å². The molecular formula is C20H22N4O2. The van der Waals surface area contributed by atoms with Gasteiger partial charge in [0.1, 0.15) is 0 Å². The zero-order chi connectivity index (χ0) is 18.4. The van der Waals surface area contributed by atoms with E-state index in [2.05, 4.69) is 15.4 Å². The fraction of sp³-hybridized carbons (Fsp3) is 0.250. The van der Waals surface area contributed by atoms with E-state index >= 15 is 0 Å². The smallest absolute Gasteiger partial charge is 0.304 e. The van der Waals surface area contributed by atoms with Gasteiger partial charge in [0.05, 0.1) is 24.0 Å². The van der Waals surface area contributed by atoms with E-state index in [1.54, 1.807) is 18.6 Å². The van der Waals surface area contributed by atoms with Gasteiger partial charge in [-0.3, -0.25) is 9.78 Å². The molecule has 0 aliphatic carbocycles. The van der Waals surface area contributed by atoms with Gasteiger partial charge in [-0.25, -0.2) is 4.68 Å². The third-order valence-electron chi connectivity index (χ3n) is 4.21. The summed E-state index contributed by atoms with van der Waals surface area (Å²) in [4.78, 5) is 15.4. The highest BCUT2D eigenvalue weighted by molar-refractivity contribution is 5.67. The Balaban J connectivity index is 1.69. The lowest BCUT2D eigenvalue weighted by atomic mass is 10.0. The molecule has 0 radical (unpaired) electrons. The molecule has 2 heterocycles. The molecule has 0 unspecified atom stereocenters. The summed E-state index contributed by atoms with van der Waals surface area (Å²) in [5.41, 5.74) is 4.15. The molecule has 0 bridgehead atoms. The topological polar surface area (TPSA) is 80.0 Å². The number of carbonyl (C=O) groups is 1. The minimum absolute atomic E-state index is 0.0644. The van der Waals surface area contributed by atoms with Crippen LogP contribution in [0.5, 0.6) is 0 Å². The number of benzene rings is 1. The Hall–Kier alpha value is -2.99. The van der Waals surface area contributed by atoms with Crippen molar-refractivity contribution in [3.05, 3.63) is 77.9 Å². The third-order valence-corrected chi connectivity index (χ3v) is 4.21. The van der Waals surface area contributed by atoms with Crippen molar-refractivity contribution in [2.75, 3.05) is 0 Å². The van der Waals surface area contributed by atoms with Gasteiger partial charge in [-0.2, -0.15) is 5.10 Å². The lowest BCUT2D eigenvalue weighted by Crippen LogP contribution is -2.33. The molecule has 0 saturated carbocycles. The van der Waals surface area contributed by atoms with Gasteiger partial charge >= 0.3 is 5.97 Å². The molecule has 3 aromatic rings. The summed E-state index contributed by atoms with van der Waals surface area (Å²) in [5.74, 6) is -0.810. The van der Waals surface area contributed by atoms with E-state index in [1.807, 2.05) is 54.1 Å². The maximum Gasteiger partial charge on any atom is 0.304 e. The highest BCUT2D eigenvalue weighted by Crippen LogP contribution is 2.12. The number of nitrogens with one attached hydrogen (secondary N) is 1. The summed E-state index contributed by atoms with van der Waals surface area (Å²) in [7, 11) is 0. The van der Waals surface area contributed by atoms with Crippen LogP contribution in [0.3, 0.4) is 0 Å². The highest BCUT2D eigenvalue weighted by atomic mass is 16.4. The van der Waals surface area contributed by atoms with Crippen LogP contribution >= 0.6 is 0 Å². The van der Waals surface area contributed by atoms with Gasteiger partial charge in [-0.15, -0.1) is 0 Å². The standard InChI is InChI=1S/C20H22N4O2/c1-15-4-6-16(7-5-15)11-17(12-20(25)26)22-14-19-8-10-23-24(19)18-3-2-9-21-13-18/h2-10,13,17,22H,11-12,14H2,1H3,(H,25,26)/t17-/m1/s1. The molecule has 6 heteroatoms. The number of hydrogen-bond acceptors (Lipinski definition) is 4. The first-order valence-corrected chi connectivity index (χ1v) is 8.56. The average Bonchev–Trinajstić information content (AvgIpc) is 3.10. The van der Waals surface area contributed by atoms with Gasteiger partial charge < -0.3 is 10.4 Å². The Kier molecular flexibility index (Phi) is 5.76. The van der Waals surface area contributed by atoms with Crippen molar-refractivity contribution in [2.45, 2.75) is 32.4 Å². The van der Waals surface area contributed by atoms with Crippen LogP contribution in [0.1, 0.15) is 23.2 Å². The molecular weight excluding hydrogens is 328 g/mol. The normalized spacial score (nSPS) is 12.0. The number of nitrogens with zero attached hydrogens (tertiary/aromatic N) is 3. The van der Waals surface area contributed by atoms with E-state index in [9.17, 15) is 9.90 Å². The van der Waals surface area contributed by atoms with Crippen molar-refractivity contribution < 1.29 is 9.90 Å². The number of aryl methyl sites for hydroxylation is 1. The molecule has 0 aliphatic rings. The van der Waals surface area contributed by atoms with Gasteiger partial charge in [-0.1, -0.05) is 29.8 Å². The van der Waals surface area contributed by atoms with Gasteiger partial charge in [0.15, 0.2) is 0 Å². The quantitative estimate of drug-likeness (QED) is 0.653. The van der Waals surface area contributed by atoms with E-state index in [4.69, 9.17) is 0 Å². The number of aliphatic carboxylic acids is 1. The lowest BCUT2D eigenvalue weighted by Gasteiger charge is -2.18. The van der Waals surface area contributed by atoms with Crippen molar-refractivity contribution in [2.24, 2.45) is 0 Å². The first-order valence-electron chi connectivity index (χ1n) is 8.56. The fourth-order valence-electron chi connectivity index (χ4n) is 2.86. The molecule has 3 rings (SSSR count). The number of pyridine rings is 1. The molecule has 26 heavy (non-hydrogen) atoms. The molecule has 6 nitrogen and oxygen atoms in total. The van der Waals surface area contributed by atoms with Crippen LogP contribution in [-0.2, 0) is 17.8 Å². The third kappa shape index (κ3) is 4.77. The SMILES string of the molecule is Cc1ccc(C[C@H](CC(=O)O)NCc2ccnn2-c2cccnc2)cc1. The van der Waals surface area contributed by atoms with E-state index in [1.165, 1.54) is 5.56 Å². The predicted octanol–water partition coefficient (Wildman–Crippen LogP) is 2.75. The van der Waals surface area contributed by atoms with E-state index in [0.717, 1.165) is 16.9 Å². The second-order valence-electron chi connectivity index (χ2n) is 6.31. The van der Waals surface area contributed by atoms with Crippen molar-refractivity contribution in [1.82, 2.24) is 20.1 Å². The molecule has 134 valence electrons. The molecule has 1 aromatic carbocycles. The zero-order valence-electron chi connectivity index (χ0n) is 14.7. The minimum atomic E-state index is -0.810. The Morgan fingerprint density at radius 3 is 2.69 bits per heavy atom. The van der Waals surface area contributed by atoms with Gasteiger partial charge in [0.2, 0.25) is 0 Å². The summed E-state index contributed by atoms with van der Waals surface area (Å²) in [5, 5.41) is 16.9. The second kappa shape index (κ2) is 8.40. The number of carboxylic acids is 1. The Morgan fingerprint density at radius 1 is 1.19 bits per heavy atom. The van der Waals surface area contributed by atoms with Crippen LogP contribution in [0.2, 0.25) is 0 Å². The van der Waals surface area contributed by atoms with Gasteiger partial charge in [0, 0.05) is 25.0 Å². The molecule has 2 N–H and O–H groups in total. The van der Waals surface area contributed by atoms with Crippen LogP contribution in [-0.4, -0.2) is 31.9 Å². The summed E-state index contributed by atoms with van der Waals surface area (Å²) in [6, 6.07) is 13.7. The maximum atomic E-state index is 11.2. The fourth-order valence-corrected chi connectivity index (χ4v) is 2.86. The first kappa shape index (κ1) is 17.8. The molecule has 0 fully saturated rings. The zero-order valence-corrected chi connectivity index (χ0v) is 14.7. The Labute approximate surface area is 152 Å². The van der Waals surface area contributed by atoms with Crippen molar-refractivity contribution in [1.29, 1.82) is 0 Å². The number of rotatable bonds is 8.